The molecule has 1 amide bonds. The number of nitrogens with zero attached hydrogens (tertiary/aromatic N) is 3. The molecule has 184 valence electrons. The van der Waals surface area contributed by atoms with Crippen LogP contribution in [0, 0.1) is 5.82 Å². The van der Waals surface area contributed by atoms with Crippen molar-refractivity contribution < 1.29 is 9.18 Å². The third kappa shape index (κ3) is 5.34. The molecule has 5 rings (SSSR count). The Labute approximate surface area is 226 Å². The van der Waals surface area contributed by atoms with Gasteiger partial charge in [0.15, 0.2) is 0 Å². The van der Waals surface area contributed by atoms with Crippen molar-refractivity contribution in [3.05, 3.63) is 104 Å². The third-order valence-electron chi connectivity index (χ3n) is 6.24. The summed E-state index contributed by atoms with van der Waals surface area (Å²) < 4.78 is 16.2. The van der Waals surface area contributed by atoms with Crippen LogP contribution in [0.4, 0.5) is 9.18 Å². The number of halogens is 4. The van der Waals surface area contributed by atoms with Gasteiger partial charge in [0.05, 0.1) is 10.5 Å². The molecule has 0 radical (unpaired) electrons. The number of hydrogen-bond donors (Lipinski definition) is 1. The fourth-order valence-electron chi connectivity index (χ4n) is 4.54. The zero-order valence-corrected chi connectivity index (χ0v) is 22.2. The molecular weight excluding hydrogens is 566 g/mol. The van der Waals surface area contributed by atoms with Crippen LogP contribution >= 0.6 is 39.1 Å². The first-order valence-corrected chi connectivity index (χ1v) is 13.0. The average Bonchev–Trinajstić information content (AvgIpc) is 3.18. The van der Waals surface area contributed by atoms with E-state index in [-0.39, 0.29) is 11.1 Å². The van der Waals surface area contributed by atoms with Crippen molar-refractivity contribution in [3.63, 3.8) is 0 Å². The van der Waals surface area contributed by atoms with Crippen LogP contribution in [-0.4, -0.2) is 33.6 Å². The fourth-order valence-corrected chi connectivity index (χ4v) is 5.28. The molecule has 2 aromatic heterocycles. The van der Waals surface area contributed by atoms with E-state index in [2.05, 4.69) is 43.3 Å². The van der Waals surface area contributed by atoms with Gasteiger partial charge < -0.3 is 5.32 Å². The number of aromatic nitrogens is 2. The van der Waals surface area contributed by atoms with E-state index in [0.29, 0.717) is 11.7 Å². The van der Waals surface area contributed by atoms with E-state index in [1.165, 1.54) is 6.07 Å². The molecule has 0 unspecified atom stereocenters. The topological polar surface area (TPSA) is 50.2 Å². The summed E-state index contributed by atoms with van der Waals surface area (Å²) in [5, 5.41) is 4.59. The monoisotopic (exact) mass is 586 g/mol. The maximum atomic E-state index is 13.4. The standard InChI is InChI=1S/C27H22BrCl2FN4O/c28-19-4-6-24-20(14-19)21-16-34(10-1-2-17-3-5-23(31)22(29)12-17)11-8-25(21)35(24)27(36)33-15-18-7-9-32-26(30)13-18/h1-7,9,12-14H,8,10-11,15-16H2,(H,33,36)/b2-1+. The fraction of sp³-hybridized carbons (Fsp3) is 0.185. The quantitative estimate of drug-likeness (QED) is 0.254. The summed E-state index contributed by atoms with van der Waals surface area (Å²) in [5.41, 5.74) is 4.80. The Morgan fingerprint density at radius 3 is 2.83 bits per heavy atom. The summed E-state index contributed by atoms with van der Waals surface area (Å²) in [5.74, 6) is -0.423. The van der Waals surface area contributed by atoms with Crippen LogP contribution in [0.25, 0.3) is 17.0 Å². The van der Waals surface area contributed by atoms with Gasteiger partial charge >= 0.3 is 6.03 Å². The SMILES string of the molecule is O=C(NCc1ccnc(Cl)c1)n1c2c(c3cc(Br)ccc31)CN(C/C=C/c1ccc(F)c(Cl)c1)CC2. The molecule has 9 heteroatoms. The molecule has 0 saturated heterocycles. The first-order chi connectivity index (χ1) is 17.4. The van der Waals surface area contributed by atoms with Crippen LogP contribution in [0.5, 0.6) is 0 Å². The summed E-state index contributed by atoms with van der Waals surface area (Å²) >= 11 is 15.5. The zero-order valence-electron chi connectivity index (χ0n) is 19.1. The molecule has 0 spiro atoms. The summed E-state index contributed by atoms with van der Waals surface area (Å²) in [6, 6.07) is 14.1. The van der Waals surface area contributed by atoms with E-state index >= 15 is 0 Å². The first kappa shape index (κ1) is 25.0. The molecule has 0 atom stereocenters. The Kier molecular flexibility index (Phi) is 7.44. The third-order valence-corrected chi connectivity index (χ3v) is 7.23. The van der Waals surface area contributed by atoms with E-state index in [4.69, 9.17) is 23.2 Å². The van der Waals surface area contributed by atoms with Crippen molar-refractivity contribution >= 4 is 62.1 Å². The highest BCUT2D eigenvalue weighted by atomic mass is 79.9. The number of rotatable bonds is 5. The highest BCUT2D eigenvalue weighted by molar-refractivity contribution is 9.10. The molecule has 5 nitrogen and oxygen atoms in total. The smallest absolute Gasteiger partial charge is 0.326 e. The van der Waals surface area contributed by atoms with Crippen LogP contribution in [0.3, 0.4) is 0 Å². The van der Waals surface area contributed by atoms with Gasteiger partial charge in [0.25, 0.3) is 0 Å². The van der Waals surface area contributed by atoms with Crippen LogP contribution < -0.4 is 5.32 Å². The van der Waals surface area contributed by atoms with Gasteiger partial charge in [-0.15, -0.1) is 0 Å². The second-order valence-electron chi connectivity index (χ2n) is 8.63. The largest absolute Gasteiger partial charge is 0.333 e. The van der Waals surface area contributed by atoms with Gasteiger partial charge in [-0.25, -0.2) is 14.2 Å². The van der Waals surface area contributed by atoms with Gasteiger partial charge in [0.2, 0.25) is 0 Å². The predicted molar refractivity (Wildman–Crippen MR) is 146 cm³/mol. The molecule has 1 aliphatic heterocycles. The van der Waals surface area contributed by atoms with Crippen molar-refractivity contribution in [1.29, 1.82) is 0 Å². The van der Waals surface area contributed by atoms with Gasteiger partial charge in [-0.2, -0.15) is 0 Å². The molecule has 1 aliphatic rings. The molecular formula is C27H22BrCl2FN4O. The second-order valence-corrected chi connectivity index (χ2v) is 10.3. The highest BCUT2D eigenvalue weighted by Crippen LogP contribution is 2.33. The lowest BCUT2D eigenvalue weighted by molar-refractivity contribution is 0.240. The van der Waals surface area contributed by atoms with Crippen molar-refractivity contribution in [2.24, 2.45) is 0 Å². The number of carbonyl (C=O) groups excluding carboxylic acids is 1. The lowest BCUT2D eigenvalue weighted by Crippen LogP contribution is -2.34. The second kappa shape index (κ2) is 10.7. The number of amides is 1. The molecule has 36 heavy (non-hydrogen) atoms. The normalized spacial score (nSPS) is 13.9. The van der Waals surface area contributed by atoms with Gasteiger partial charge in [-0.3, -0.25) is 9.47 Å². The van der Waals surface area contributed by atoms with Crippen LogP contribution in [0.2, 0.25) is 10.2 Å². The maximum Gasteiger partial charge on any atom is 0.326 e. The van der Waals surface area contributed by atoms with Crippen LogP contribution in [0.1, 0.15) is 22.4 Å². The highest BCUT2D eigenvalue weighted by Gasteiger charge is 2.26. The Bertz CT molecular complexity index is 1490. The molecule has 0 fully saturated rings. The summed E-state index contributed by atoms with van der Waals surface area (Å²) in [7, 11) is 0. The van der Waals surface area contributed by atoms with E-state index in [1.54, 1.807) is 29.0 Å². The molecule has 4 aromatic rings. The Hall–Kier alpha value is -2.71. The molecule has 1 N–H and O–H groups in total. The van der Waals surface area contributed by atoms with Crippen LogP contribution in [-0.2, 0) is 19.5 Å². The van der Waals surface area contributed by atoms with Crippen molar-refractivity contribution in [2.75, 3.05) is 13.1 Å². The molecule has 0 bridgehead atoms. The number of nitrogens with one attached hydrogen (secondary N) is 1. The molecule has 0 aliphatic carbocycles. The minimum Gasteiger partial charge on any atom is -0.333 e. The first-order valence-electron chi connectivity index (χ1n) is 11.4. The van der Waals surface area contributed by atoms with Crippen molar-refractivity contribution in [3.8, 4) is 0 Å². The average molecular weight is 588 g/mol. The number of fused-ring (bicyclic) bond motifs is 3. The number of benzene rings is 2. The Morgan fingerprint density at radius 1 is 1.17 bits per heavy atom. The minimum absolute atomic E-state index is 0.114. The van der Waals surface area contributed by atoms with E-state index in [1.807, 2.05) is 24.3 Å². The Balaban J connectivity index is 1.36. The summed E-state index contributed by atoms with van der Waals surface area (Å²) in [6.07, 6.45) is 6.37. The van der Waals surface area contributed by atoms with Gasteiger partial charge in [0, 0.05) is 54.3 Å². The number of pyridine rings is 1. The summed E-state index contributed by atoms with van der Waals surface area (Å²) in [6.45, 7) is 2.61. The Morgan fingerprint density at radius 2 is 2.03 bits per heavy atom. The van der Waals surface area contributed by atoms with Crippen LogP contribution in [0.15, 0.2) is 65.3 Å². The minimum atomic E-state index is -0.423. The summed E-state index contributed by atoms with van der Waals surface area (Å²) in [4.78, 5) is 19.6. The van der Waals surface area contributed by atoms with Gasteiger partial charge in [-0.1, -0.05) is 57.4 Å². The maximum absolute atomic E-state index is 13.4. The zero-order chi connectivity index (χ0) is 25.2. The van der Waals surface area contributed by atoms with Crippen molar-refractivity contribution in [2.45, 2.75) is 19.5 Å². The van der Waals surface area contributed by atoms with Crippen molar-refractivity contribution in [1.82, 2.24) is 19.8 Å². The van der Waals surface area contributed by atoms with E-state index < -0.39 is 5.82 Å². The number of carbonyl (C=O) groups is 1. The lowest BCUT2D eigenvalue weighted by atomic mass is 10.0. The molecule has 2 aromatic carbocycles. The van der Waals surface area contributed by atoms with Gasteiger partial charge in [-0.05, 0) is 59.2 Å². The predicted octanol–water partition coefficient (Wildman–Crippen LogP) is 7.07. The number of hydrogen-bond acceptors (Lipinski definition) is 3. The molecule has 0 saturated carbocycles. The lowest BCUT2D eigenvalue weighted by Gasteiger charge is -2.27. The van der Waals surface area contributed by atoms with E-state index in [9.17, 15) is 9.18 Å². The van der Waals surface area contributed by atoms with E-state index in [0.717, 1.165) is 63.8 Å². The van der Waals surface area contributed by atoms with Gasteiger partial charge in [0.1, 0.15) is 11.0 Å². The molecule has 3 heterocycles.